The quantitative estimate of drug-likeness (QED) is 0.543. The van der Waals surface area contributed by atoms with Crippen molar-refractivity contribution >= 4 is 23.2 Å². The number of carbonyl (C=O) groups is 1. The Labute approximate surface area is 141 Å². The maximum atomic E-state index is 11.9. The van der Waals surface area contributed by atoms with E-state index in [1.807, 2.05) is 12.1 Å². The molecule has 0 spiro atoms. The Balaban J connectivity index is 1.63. The van der Waals surface area contributed by atoms with Crippen LogP contribution in [0.1, 0.15) is 16.2 Å². The summed E-state index contributed by atoms with van der Waals surface area (Å²) in [6, 6.07) is 11.9. The van der Waals surface area contributed by atoms with E-state index in [1.165, 1.54) is 12.3 Å². The standard InChI is InChI=1S/C16H12ClN3O4/c17-11-3-1-10(2-4-11)15-6-5-13(24-15)9-19-16(21)14-7-12(8-18-14)20(22)23/h1-8,18H,9H2,(H,19,21). The minimum atomic E-state index is -0.571. The van der Waals surface area contributed by atoms with E-state index in [0.29, 0.717) is 16.5 Å². The average Bonchev–Trinajstić information content (AvgIpc) is 3.23. The molecule has 0 saturated heterocycles. The number of benzene rings is 1. The van der Waals surface area contributed by atoms with Crippen molar-refractivity contribution in [2.45, 2.75) is 6.54 Å². The second-order valence-corrected chi connectivity index (χ2v) is 5.42. The number of hydrogen-bond donors (Lipinski definition) is 2. The van der Waals surface area contributed by atoms with Crippen LogP contribution in [0.2, 0.25) is 5.02 Å². The van der Waals surface area contributed by atoms with Crippen molar-refractivity contribution in [1.29, 1.82) is 0 Å². The Morgan fingerprint density at radius 2 is 2.00 bits per heavy atom. The number of nitrogens with one attached hydrogen (secondary N) is 2. The molecule has 0 saturated carbocycles. The summed E-state index contributed by atoms with van der Waals surface area (Å²) in [5.41, 5.74) is 0.825. The molecule has 0 aliphatic heterocycles. The van der Waals surface area contributed by atoms with Crippen molar-refractivity contribution in [3.8, 4) is 11.3 Å². The molecule has 8 heteroatoms. The maximum absolute atomic E-state index is 11.9. The molecule has 0 fully saturated rings. The Bertz CT molecular complexity index is 883. The summed E-state index contributed by atoms with van der Waals surface area (Å²) in [6.45, 7) is 0.166. The van der Waals surface area contributed by atoms with Gasteiger partial charge in [-0.2, -0.15) is 0 Å². The summed E-state index contributed by atoms with van der Waals surface area (Å²) in [7, 11) is 0. The monoisotopic (exact) mass is 345 g/mol. The minimum Gasteiger partial charge on any atom is -0.459 e. The second kappa shape index (κ2) is 6.59. The summed E-state index contributed by atoms with van der Waals surface area (Å²) in [5.74, 6) is 0.772. The van der Waals surface area contributed by atoms with Gasteiger partial charge in [0, 0.05) is 16.7 Å². The summed E-state index contributed by atoms with van der Waals surface area (Å²) in [4.78, 5) is 24.5. The van der Waals surface area contributed by atoms with Gasteiger partial charge >= 0.3 is 0 Å². The van der Waals surface area contributed by atoms with Gasteiger partial charge in [0.25, 0.3) is 11.6 Å². The lowest BCUT2D eigenvalue weighted by Crippen LogP contribution is -2.22. The van der Waals surface area contributed by atoms with Crippen LogP contribution in [0.3, 0.4) is 0 Å². The summed E-state index contributed by atoms with van der Waals surface area (Å²) in [6.07, 6.45) is 1.17. The van der Waals surface area contributed by atoms with E-state index < -0.39 is 10.8 Å². The molecule has 0 atom stereocenters. The first-order chi connectivity index (χ1) is 11.5. The van der Waals surface area contributed by atoms with Crippen molar-refractivity contribution in [3.63, 3.8) is 0 Å². The number of furan rings is 1. The van der Waals surface area contributed by atoms with E-state index >= 15 is 0 Å². The molecular formula is C16H12ClN3O4. The largest absolute Gasteiger partial charge is 0.459 e. The fraction of sp³-hybridized carbons (Fsp3) is 0.0625. The molecule has 3 rings (SSSR count). The van der Waals surface area contributed by atoms with Crippen LogP contribution in [-0.4, -0.2) is 15.8 Å². The normalized spacial score (nSPS) is 10.5. The predicted octanol–water partition coefficient (Wildman–Crippen LogP) is 3.77. The molecule has 0 bridgehead atoms. The van der Waals surface area contributed by atoms with Gasteiger partial charge in [0.05, 0.1) is 17.7 Å². The zero-order valence-electron chi connectivity index (χ0n) is 12.3. The number of aromatic nitrogens is 1. The molecule has 2 heterocycles. The number of amides is 1. The van der Waals surface area contributed by atoms with Gasteiger partial charge in [-0.15, -0.1) is 0 Å². The lowest BCUT2D eigenvalue weighted by atomic mass is 10.2. The number of halogens is 1. The highest BCUT2D eigenvalue weighted by Gasteiger charge is 2.14. The van der Waals surface area contributed by atoms with Gasteiger partial charge in [0.1, 0.15) is 17.2 Å². The van der Waals surface area contributed by atoms with E-state index in [2.05, 4.69) is 10.3 Å². The smallest absolute Gasteiger partial charge is 0.287 e. The van der Waals surface area contributed by atoms with Crippen molar-refractivity contribution in [2.24, 2.45) is 0 Å². The van der Waals surface area contributed by atoms with Crippen LogP contribution in [0.4, 0.5) is 5.69 Å². The van der Waals surface area contributed by atoms with Gasteiger partial charge in [-0.25, -0.2) is 0 Å². The van der Waals surface area contributed by atoms with Crippen LogP contribution in [-0.2, 0) is 6.54 Å². The summed E-state index contributed by atoms with van der Waals surface area (Å²) < 4.78 is 5.66. The zero-order chi connectivity index (χ0) is 17.1. The van der Waals surface area contributed by atoms with Gasteiger partial charge in [-0.05, 0) is 36.4 Å². The number of aromatic amines is 1. The van der Waals surface area contributed by atoms with Crippen molar-refractivity contribution in [3.05, 3.63) is 75.3 Å². The first-order valence-corrected chi connectivity index (χ1v) is 7.36. The molecule has 24 heavy (non-hydrogen) atoms. The summed E-state index contributed by atoms with van der Waals surface area (Å²) in [5, 5.41) is 13.9. The highest BCUT2D eigenvalue weighted by molar-refractivity contribution is 6.30. The molecule has 0 aliphatic rings. The highest BCUT2D eigenvalue weighted by Crippen LogP contribution is 2.23. The first kappa shape index (κ1) is 15.8. The van der Waals surface area contributed by atoms with E-state index in [1.54, 1.807) is 24.3 Å². The molecule has 2 N–H and O–H groups in total. The Morgan fingerprint density at radius 1 is 1.25 bits per heavy atom. The molecule has 0 aliphatic carbocycles. The molecule has 1 aromatic carbocycles. The molecular weight excluding hydrogens is 334 g/mol. The fourth-order valence-electron chi connectivity index (χ4n) is 2.12. The molecule has 0 radical (unpaired) electrons. The van der Waals surface area contributed by atoms with Crippen LogP contribution in [0.25, 0.3) is 11.3 Å². The predicted molar refractivity (Wildman–Crippen MR) is 87.8 cm³/mol. The third-order valence-corrected chi connectivity index (χ3v) is 3.59. The lowest BCUT2D eigenvalue weighted by molar-refractivity contribution is -0.384. The first-order valence-electron chi connectivity index (χ1n) is 6.98. The molecule has 3 aromatic rings. The molecule has 7 nitrogen and oxygen atoms in total. The lowest BCUT2D eigenvalue weighted by Gasteiger charge is -2.01. The number of hydrogen-bond acceptors (Lipinski definition) is 4. The van der Waals surface area contributed by atoms with Crippen molar-refractivity contribution < 1.29 is 14.1 Å². The van der Waals surface area contributed by atoms with Gasteiger partial charge in [0.2, 0.25) is 0 Å². The van der Waals surface area contributed by atoms with Gasteiger partial charge < -0.3 is 14.7 Å². The van der Waals surface area contributed by atoms with Crippen molar-refractivity contribution in [1.82, 2.24) is 10.3 Å². The molecule has 2 aromatic heterocycles. The van der Waals surface area contributed by atoms with Crippen LogP contribution in [0.5, 0.6) is 0 Å². The Kier molecular flexibility index (Phi) is 4.35. The van der Waals surface area contributed by atoms with E-state index in [9.17, 15) is 14.9 Å². The van der Waals surface area contributed by atoms with E-state index in [4.69, 9.17) is 16.0 Å². The number of H-pyrrole nitrogens is 1. The Morgan fingerprint density at radius 3 is 2.67 bits per heavy atom. The van der Waals surface area contributed by atoms with Crippen LogP contribution >= 0.6 is 11.6 Å². The summed E-state index contributed by atoms with van der Waals surface area (Å²) >= 11 is 5.85. The third-order valence-electron chi connectivity index (χ3n) is 3.34. The van der Waals surface area contributed by atoms with Crippen LogP contribution in [0, 0.1) is 10.1 Å². The number of carbonyl (C=O) groups excluding carboxylic acids is 1. The number of nitrogens with zero attached hydrogens (tertiary/aromatic N) is 1. The number of rotatable bonds is 5. The van der Waals surface area contributed by atoms with Gasteiger partial charge in [0.15, 0.2) is 0 Å². The van der Waals surface area contributed by atoms with Crippen molar-refractivity contribution in [2.75, 3.05) is 0 Å². The SMILES string of the molecule is O=C(NCc1ccc(-c2ccc(Cl)cc2)o1)c1cc([N+](=O)[O-])c[nH]1. The average molecular weight is 346 g/mol. The van der Waals surface area contributed by atoms with Crippen LogP contribution < -0.4 is 5.32 Å². The maximum Gasteiger partial charge on any atom is 0.287 e. The highest BCUT2D eigenvalue weighted by atomic mass is 35.5. The topological polar surface area (TPSA) is 101 Å². The van der Waals surface area contributed by atoms with Crippen LogP contribution in [0.15, 0.2) is 53.1 Å². The minimum absolute atomic E-state index is 0.117. The zero-order valence-corrected chi connectivity index (χ0v) is 13.0. The van der Waals surface area contributed by atoms with E-state index in [-0.39, 0.29) is 17.9 Å². The molecule has 0 unspecified atom stereocenters. The Hall–Kier alpha value is -3.06. The van der Waals surface area contributed by atoms with Gasteiger partial charge in [-0.1, -0.05) is 11.6 Å². The second-order valence-electron chi connectivity index (χ2n) is 4.98. The molecule has 122 valence electrons. The fourth-order valence-corrected chi connectivity index (χ4v) is 2.25. The van der Waals surface area contributed by atoms with Gasteiger partial charge in [-0.3, -0.25) is 14.9 Å². The third kappa shape index (κ3) is 3.47. The number of nitro groups is 1. The molecule has 1 amide bonds. The van der Waals surface area contributed by atoms with E-state index in [0.717, 1.165) is 5.56 Å².